The van der Waals surface area contributed by atoms with Crippen molar-refractivity contribution in [1.82, 2.24) is 30.0 Å². The minimum atomic E-state index is -3.52. The molecule has 146 valence electrons. The predicted molar refractivity (Wildman–Crippen MR) is 102 cm³/mol. The van der Waals surface area contributed by atoms with E-state index in [9.17, 15) is 13.2 Å². The van der Waals surface area contributed by atoms with E-state index in [1.807, 2.05) is 0 Å². The Kier molecular flexibility index (Phi) is 5.64. The standard InChI is InChI=1S/C16H14Cl2N6O3S/c1-9(14-21-8-22-24(14)16-19-6-12(18)7-20-16)23-15(25)10-3-11(17)5-13(4-10)28(2,26)27/h3-9H,1-2H3,(H,23,25). The molecule has 1 unspecified atom stereocenters. The highest BCUT2D eigenvalue weighted by atomic mass is 35.5. The Labute approximate surface area is 170 Å². The summed E-state index contributed by atoms with van der Waals surface area (Å²) in [6.07, 6.45) is 5.17. The number of hydrogen-bond donors (Lipinski definition) is 1. The molecule has 0 spiro atoms. The third-order valence-electron chi connectivity index (χ3n) is 3.67. The van der Waals surface area contributed by atoms with Gasteiger partial charge in [-0.2, -0.15) is 9.78 Å². The van der Waals surface area contributed by atoms with E-state index in [4.69, 9.17) is 23.2 Å². The molecule has 28 heavy (non-hydrogen) atoms. The van der Waals surface area contributed by atoms with Gasteiger partial charge in [-0.3, -0.25) is 4.79 Å². The molecule has 0 aliphatic rings. The molecular formula is C16H14Cl2N6O3S. The summed E-state index contributed by atoms with van der Waals surface area (Å²) in [5.74, 6) is 0.0904. The van der Waals surface area contributed by atoms with Gasteiger partial charge in [0.1, 0.15) is 6.33 Å². The molecule has 0 saturated heterocycles. The zero-order valence-electron chi connectivity index (χ0n) is 14.7. The molecular weight excluding hydrogens is 427 g/mol. The Morgan fingerprint density at radius 2 is 1.79 bits per heavy atom. The minimum absolute atomic E-state index is 0.0458. The molecule has 1 N–H and O–H groups in total. The van der Waals surface area contributed by atoms with Crippen molar-refractivity contribution in [3.63, 3.8) is 0 Å². The van der Waals surface area contributed by atoms with Gasteiger partial charge in [-0.05, 0) is 25.1 Å². The number of aromatic nitrogens is 5. The Bertz CT molecular complexity index is 1130. The normalized spacial score (nSPS) is 12.6. The molecule has 1 atom stereocenters. The summed E-state index contributed by atoms with van der Waals surface area (Å²) in [4.78, 5) is 24.8. The number of benzene rings is 1. The molecule has 0 radical (unpaired) electrons. The highest BCUT2D eigenvalue weighted by molar-refractivity contribution is 7.90. The van der Waals surface area contributed by atoms with Crippen LogP contribution in [0.1, 0.15) is 29.1 Å². The van der Waals surface area contributed by atoms with Crippen molar-refractivity contribution >= 4 is 38.9 Å². The number of nitrogens with one attached hydrogen (secondary N) is 1. The first-order valence-corrected chi connectivity index (χ1v) is 10.5. The largest absolute Gasteiger partial charge is 0.342 e. The van der Waals surface area contributed by atoms with Gasteiger partial charge in [-0.15, -0.1) is 0 Å². The van der Waals surface area contributed by atoms with Gasteiger partial charge in [-0.1, -0.05) is 23.2 Å². The molecule has 3 rings (SSSR count). The Hall–Kier alpha value is -2.56. The lowest BCUT2D eigenvalue weighted by Gasteiger charge is -2.14. The Morgan fingerprint density at radius 1 is 1.11 bits per heavy atom. The van der Waals surface area contributed by atoms with Gasteiger partial charge in [0.25, 0.3) is 11.9 Å². The molecule has 0 bridgehead atoms. The summed E-state index contributed by atoms with van der Waals surface area (Å²) < 4.78 is 24.9. The van der Waals surface area contributed by atoms with Gasteiger partial charge in [-0.25, -0.2) is 23.4 Å². The smallest absolute Gasteiger partial charge is 0.252 e. The van der Waals surface area contributed by atoms with E-state index in [1.165, 1.54) is 41.6 Å². The zero-order chi connectivity index (χ0) is 20.5. The lowest BCUT2D eigenvalue weighted by atomic mass is 10.2. The van der Waals surface area contributed by atoms with Crippen LogP contribution in [0, 0.1) is 0 Å². The molecule has 2 aromatic heterocycles. The van der Waals surface area contributed by atoms with Crippen LogP contribution in [0.5, 0.6) is 0 Å². The molecule has 3 aromatic rings. The van der Waals surface area contributed by atoms with Gasteiger partial charge in [0.2, 0.25) is 0 Å². The number of carbonyl (C=O) groups is 1. The third-order valence-corrected chi connectivity index (χ3v) is 5.17. The summed E-state index contributed by atoms with van der Waals surface area (Å²) in [6.45, 7) is 1.69. The average Bonchev–Trinajstić information content (AvgIpc) is 3.11. The van der Waals surface area contributed by atoms with Crippen molar-refractivity contribution < 1.29 is 13.2 Å². The fourth-order valence-corrected chi connectivity index (χ4v) is 3.45. The van der Waals surface area contributed by atoms with Gasteiger partial charge < -0.3 is 5.32 Å². The van der Waals surface area contributed by atoms with Crippen molar-refractivity contribution in [2.45, 2.75) is 17.9 Å². The predicted octanol–water partition coefficient (Wildman–Crippen LogP) is 2.26. The quantitative estimate of drug-likeness (QED) is 0.645. The van der Waals surface area contributed by atoms with Crippen LogP contribution < -0.4 is 5.32 Å². The van der Waals surface area contributed by atoms with E-state index in [0.29, 0.717) is 10.8 Å². The van der Waals surface area contributed by atoms with Crippen LogP contribution in [0.25, 0.3) is 5.95 Å². The monoisotopic (exact) mass is 440 g/mol. The number of hydrogen-bond acceptors (Lipinski definition) is 7. The maximum Gasteiger partial charge on any atom is 0.252 e. The molecule has 0 aliphatic heterocycles. The summed E-state index contributed by atoms with van der Waals surface area (Å²) in [5.41, 5.74) is 0.105. The molecule has 0 saturated carbocycles. The number of carbonyl (C=O) groups excluding carboxylic acids is 1. The number of sulfone groups is 1. The van der Waals surface area contributed by atoms with Crippen LogP contribution in [0.3, 0.4) is 0 Å². The average molecular weight is 441 g/mol. The summed E-state index contributed by atoms with van der Waals surface area (Å²) in [5, 5.41) is 7.30. The SMILES string of the molecule is CC(NC(=O)c1cc(Cl)cc(S(C)(=O)=O)c1)c1ncnn1-c1ncc(Cl)cn1. The second-order valence-corrected chi connectivity index (χ2v) is 8.76. The molecule has 9 nitrogen and oxygen atoms in total. The second kappa shape index (κ2) is 7.82. The lowest BCUT2D eigenvalue weighted by molar-refractivity contribution is 0.0937. The van der Waals surface area contributed by atoms with Crippen molar-refractivity contribution in [3.8, 4) is 5.95 Å². The molecule has 0 aliphatic carbocycles. The van der Waals surface area contributed by atoms with Crippen molar-refractivity contribution in [1.29, 1.82) is 0 Å². The van der Waals surface area contributed by atoms with Gasteiger partial charge in [0.15, 0.2) is 15.7 Å². The van der Waals surface area contributed by atoms with Crippen LogP contribution in [0.15, 0.2) is 41.8 Å². The molecule has 1 amide bonds. The van der Waals surface area contributed by atoms with Crippen molar-refractivity contribution in [2.24, 2.45) is 0 Å². The van der Waals surface area contributed by atoms with E-state index in [2.05, 4.69) is 25.4 Å². The van der Waals surface area contributed by atoms with Gasteiger partial charge in [0.05, 0.1) is 28.4 Å². The highest BCUT2D eigenvalue weighted by Gasteiger charge is 2.20. The fourth-order valence-electron chi connectivity index (χ4n) is 2.37. The molecule has 2 heterocycles. The van der Waals surface area contributed by atoms with Crippen LogP contribution in [0.2, 0.25) is 10.0 Å². The topological polar surface area (TPSA) is 120 Å². The lowest BCUT2D eigenvalue weighted by Crippen LogP contribution is -2.29. The van der Waals surface area contributed by atoms with Crippen molar-refractivity contribution in [3.05, 3.63) is 58.4 Å². The number of halogens is 2. The van der Waals surface area contributed by atoms with Gasteiger partial charge in [0, 0.05) is 16.8 Å². The number of amides is 1. The molecule has 0 fully saturated rings. The minimum Gasteiger partial charge on any atom is -0.342 e. The van der Waals surface area contributed by atoms with Crippen molar-refractivity contribution in [2.75, 3.05) is 6.26 Å². The van der Waals surface area contributed by atoms with E-state index >= 15 is 0 Å². The van der Waals surface area contributed by atoms with E-state index in [0.717, 1.165) is 6.26 Å². The molecule has 12 heteroatoms. The Balaban J connectivity index is 1.86. The van der Waals surface area contributed by atoms with Crippen LogP contribution in [-0.2, 0) is 9.84 Å². The number of rotatable bonds is 5. The number of nitrogens with zero attached hydrogens (tertiary/aromatic N) is 5. The first-order chi connectivity index (χ1) is 13.1. The fraction of sp³-hybridized carbons (Fsp3) is 0.188. The highest BCUT2D eigenvalue weighted by Crippen LogP contribution is 2.20. The summed E-state index contributed by atoms with van der Waals surface area (Å²) >= 11 is 11.7. The first kappa shape index (κ1) is 20.2. The summed E-state index contributed by atoms with van der Waals surface area (Å²) in [7, 11) is -3.52. The second-order valence-electron chi connectivity index (χ2n) is 5.87. The third kappa shape index (κ3) is 4.46. The van der Waals surface area contributed by atoms with Crippen LogP contribution >= 0.6 is 23.2 Å². The maximum atomic E-state index is 12.6. The van der Waals surface area contributed by atoms with E-state index in [-0.39, 0.29) is 21.4 Å². The molecule has 1 aromatic carbocycles. The summed E-state index contributed by atoms with van der Waals surface area (Å²) in [6, 6.07) is 3.34. The van der Waals surface area contributed by atoms with Crippen LogP contribution in [-0.4, -0.2) is 45.3 Å². The first-order valence-electron chi connectivity index (χ1n) is 7.84. The van der Waals surface area contributed by atoms with Gasteiger partial charge >= 0.3 is 0 Å². The Morgan fingerprint density at radius 3 is 2.43 bits per heavy atom. The van der Waals surface area contributed by atoms with E-state index < -0.39 is 21.8 Å². The van der Waals surface area contributed by atoms with E-state index in [1.54, 1.807) is 6.92 Å². The maximum absolute atomic E-state index is 12.6. The zero-order valence-corrected chi connectivity index (χ0v) is 17.0. The van der Waals surface area contributed by atoms with Crippen LogP contribution in [0.4, 0.5) is 0 Å².